The number of nitrogens with zero attached hydrogens (tertiary/aromatic N) is 1. The molecule has 1 amide bonds. The zero-order valence-electron chi connectivity index (χ0n) is 22.9. The average Bonchev–Trinajstić information content (AvgIpc) is 3.24. The van der Waals surface area contributed by atoms with Crippen molar-refractivity contribution in [3.63, 3.8) is 0 Å². The molecule has 3 aromatic rings. The Labute approximate surface area is 239 Å². The first-order chi connectivity index (χ1) is 20.1. The molecule has 0 radical (unpaired) electrons. The molecule has 0 aliphatic heterocycles. The molecule has 1 fully saturated rings. The number of ether oxygens (including phenoxy) is 3. The summed E-state index contributed by atoms with van der Waals surface area (Å²) >= 11 is 0. The third kappa shape index (κ3) is 7.62. The zero-order chi connectivity index (χ0) is 28.4. The number of benzene rings is 2. The number of amides is 1. The Morgan fingerprint density at radius 1 is 0.927 bits per heavy atom. The minimum absolute atomic E-state index is 0.0301. The van der Waals surface area contributed by atoms with Gasteiger partial charge >= 0.3 is 5.97 Å². The first-order valence-electron chi connectivity index (χ1n) is 13.9. The standard InChI is InChI=1S/C34H32N2O5/c1-2-39-34(38)25-15-19-30(20-16-25)40-29-12-6-8-24(14-18-29)32-21-17-27(23-35-32)36-33(37)26-9-7-13-31(22-26)41-28-10-4-3-5-11-28/h3-5,7-14,17-18,21-23,25,30H,2,15-16,19-20H2,1H3,(H,36,37). The predicted octanol–water partition coefficient (Wildman–Crippen LogP) is 7.26. The highest BCUT2D eigenvalue weighted by molar-refractivity contribution is 6.04. The van der Waals surface area contributed by atoms with Gasteiger partial charge in [0.25, 0.3) is 5.91 Å². The summed E-state index contributed by atoms with van der Waals surface area (Å²) in [4.78, 5) is 29.4. The molecule has 208 valence electrons. The normalized spacial score (nSPS) is 18.0. The van der Waals surface area contributed by atoms with E-state index < -0.39 is 0 Å². The van der Waals surface area contributed by atoms with Crippen LogP contribution in [0.3, 0.4) is 0 Å². The van der Waals surface area contributed by atoms with E-state index in [0.29, 0.717) is 29.4 Å². The van der Waals surface area contributed by atoms with Crippen LogP contribution in [0.5, 0.6) is 11.5 Å². The third-order valence-corrected chi connectivity index (χ3v) is 6.88. The van der Waals surface area contributed by atoms with Crippen molar-refractivity contribution < 1.29 is 23.8 Å². The fourth-order valence-electron chi connectivity index (χ4n) is 4.75. The molecule has 0 spiro atoms. The average molecular weight is 549 g/mol. The molecule has 41 heavy (non-hydrogen) atoms. The van der Waals surface area contributed by atoms with E-state index in [2.05, 4.69) is 16.0 Å². The van der Waals surface area contributed by atoms with Crippen molar-refractivity contribution in [2.75, 3.05) is 11.9 Å². The molecular weight excluding hydrogens is 516 g/mol. The van der Waals surface area contributed by atoms with Crippen LogP contribution >= 0.6 is 0 Å². The molecule has 2 aromatic carbocycles. The second kappa shape index (κ2) is 13.5. The summed E-state index contributed by atoms with van der Waals surface area (Å²) in [6.45, 7) is 2.25. The number of esters is 1. The van der Waals surface area contributed by atoms with Gasteiger partial charge in [0, 0.05) is 17.2 Å². The Morgan fingerprint density at radius 2 is 1.73 bits per heavy atom. The van der Waals surface area contributed by atoms with E-state index in [1.165, 1.54) is 0 Å². The molecule has 2 aliphatic rings. The number of para-hydroxylation sites is 1. The van der Waals surface area contributed by atoms with Crippen LogP contribution in [0.15, 0.2) is 109 Å². The van der Waals surface area contributed by atoms with Gasteiger partial charge < -0.3 is 19.5 Å². The Bertz CT molecular complexity index is 1490. The molecular formula is C34H32N2O5. The summed E-state index contributed by atoms with van der Waals surface area (Å²) < 4.78 is 17.2. The van der Waals surface area contributed by atoms with Crippen LogP contribution < -0.4 is 10.1 Å². The molecule has 0 unspecified atom stereocenters. The van der Waals surface area contributed by atoms with E-state index in [1.54, 1.807) is 24.4 Å². The number of carbonyl (C=O) groups excluding carboxylic acids is 2. The fraction of sp³-hybridized carbons (Fsp3) is 0.235. The Kier molecular flexibility index (Phi) is 9.09. The van der Waals surface area contributed by atoms with E-state index in [1.807, 2.05) is 79.8 Å². The molecule has 0 saturated heterocycles. The van der Waals surface area contributed by atoms with Crippen LogP contribution in [-0.4, -0.2) is 29.6 Å². The summed E-state index contributed by atoms with van der Waals surface area (Å²) in [6, 6.07) is 20.1. The zero-order valence-corrected chi connectivity index (χ0v) is 22.9. The van der Waals surface area contributed by atoms with Gasteiger partial charge in [0.05, 0.1) is 36.2 Å². The predicted molar refractivity (Wildman–Crippen MR) is 157 cm³/mol. The van der Waals surface area contributed by atoms with E-state index in [0.717, 1.165) is 42.7 Å². The summed E-state index contributed by atoms with van der Waals surface area (Å²) in [5.41, 5.74) is 5.84. The monoisotopic (exact) mass is 548 g/mol. The second-order valence-electron chi connectivity index (χ2n) is 9.82. The van der Waals surface area contributed by atoms with Crippen LogP contribution in [0.2, 0.25) is 0 Å². The number of pyridine rings is 1. The van der Waals surface area contributed by atoms with Gasteiger partial charge in [-0.15, -0.1) is 5.73 Å². The van der Waals surface area contributed by atoms with Crippen molar-refractivity contribution in [2.45, 2.75) is 38.7 Å². The molecule has 7 heteroatoms. The topological polar surface area (TPSA) is 86.8 Å². The lowest BCUT2D eigenvalue weighted by atomic mass is 9.87. The van der Waals surface area contributed by atoms with Crippen molar-refractivity contribution in [2.24, 2.45) is 5.92 Å². The van der Waals surface area contributed by atoms with Gasteiger partial charge in [-0.05, 0) is 93.3 Å². The number of anilines is 1. The maximum atomic E-state index is 12.9. The summed E-state index contributed by atoms with van der Waals surface area (Å²) in [5.74, 6) is 1.62. The Hall–Kier alpha value is -4.87. The van der Waals surface area contributed by atoms with E-state index in [-0.39, 0.29) is 23.9 Å². The molecule has 0 atom stereocenters. The van der Waals surface area contributed by atoms with Crippen molar-refractivity contribution in [1.82, 2.24) is 4.98 Å². The number of rotatable bonds is 9. The quantitative estimate of drug-likeness (QED) is 0.224. The number of allylic oxidation sites excluding steroid dienone is 4. The number of hydrogen-bond donors (Lipinski definition) is 1. The number of carbonyl (C=O) groups is 2. The lowest BCUT2D eigenvalue weighted by Crippen LogP contribution is -2.27. The highest BCUT2D eigenvalue weighted by Crippen LogP contribution is 2.29. The van der Waals surface area contributed by atoms with Gasteiger partial charge in [-0.1, -0.05) is 24.3 Å². The van der Waals surface area contributed by atoms with Crippen LogP contribution in [0, 0.1) is 5.92 Å². The lowest BCUT2D eigenvalue weighted by molar-refractivity contribution is -0.149. The van der Waals surface area contributed by atoms with E-state index in [4.69, 9.17) is 14.2 Å². The summed E-state index contributed by atoms with van der Waals surface area (Å²) in [7, 11) is 0. The highest BCUT2D eigenvalue weighted by Gasteiger charge is 2.28. The summed E-state index contributed by atoms with van der Waals surface area (Å²) in [5, 5.41) is 2.89. The maximum Gasteiger partial charge on any atom is 0.308 e. The molecule has 0 bridgehead atoms. The molecule has 2 aliphatic carbocycles. The van der Waals surface area contributed by atoms with Gasteiger partial charge in [-0.2, -0.15) is 0 Å². The lowest BCUT2D eigenvalue weighted by Gasteiger charge is -2.27. The third-order valence-electron chi connectivity index (χ3n) is 6.88. The van der Waals surface area contributed by atoms with Crippen LogP contribution in [0.1, 0.15) is 48.7 Å². The van der Waals surface area contributed by atoms with Crippen molar-refractivity contribution in [3.05, 3.63) is 120 Å². The first-order valence-corrected chi connectivity index (χ1v) is 13.9. The van der Waals surface area contributed by atoms with Gasteiger partial charge in [0.15, 0.2) is 0 Å². The van der Waals surface area contributed by atoms with Crippen molar-refractivity contribution in [1.29, 1.82) is 0 Å². The summed E-state index contributed by atoms with van der Waals surface area (Å²) in [6.07, 6.45) is 12.4. The van der Waals surface area contributed by atoms with Gasteiger partial charge in [0.1, 0.15) is 17.3 Å². The van der Waals surface area contributed by atoms with Crippen molar-refractivity contribution in [3.8, 4) is 11.5 Å². The van der Waals surface area contributed by atoms with Gasteiger partial charge in [-0.3, -0.25) is 14.6 Å². The molecule has 1 heterocycles. The fourth-order valence-corrected chi connectivity index (χ4v) is 4.75. The smallest absolute Gasteiger partial charge is 0.308 e. The minimum Gasteiger partial charge on any atom is -0.490 e. The molecule has 1 aromatic heterocycles. The molecule has 5 rings (SSSR count). The number of aromatic nitrogens is 1. The van der Waals surface area contributed by atoms with Gasteiger partial charge in [0.2, 0.25) is 0 Å². The van der Waals surface area contributed by atoms with Crippen LogP contribution in [-0.2, 0) is 14.3 Å². The van der Waals surface area contributed by atoms with E-state index in [9.17, 15) is 9.59 Å². The Balaban J connectivity index is 1.16. The Morgan fingerprint density at radius 3 is 2.49 bits per heavy atom. The SMILES string of the molecule is CCOC(=O)C1CCC(OC2=CC=C(c3ccc(NC(=O)c4cccc(Oc5ccccc5)c4)cn3)C=C=C2)CC1. The number of nitrogens with one attached hydrogen (secondary N) is 1. The first kappa shape index (κ1) is 27.7. The largest absolute Gasteiger partial charge is 0.490 e. The van der Waals surface area contributed by atoms with Crippen LogP contribution in [0.4, 0.5) is 5.69 Å². The maximum absolute atomic E-state index is 12.9. The molecule has 1 saturated carbocycles. The minimum atomic E-state index is -0.254. The molecule has 1 N–H and O–H groups in total. The van der Waals surface area contributed by atoms with Crippen molar-refractivity contribution >= 4 is 23.1 Å². The second-order valence-corrected chi connectivity index (χ2v) is 9.82. The number of hydrogen-bond acceptors (Lipinski definition) is 6. The highest BCUT2D eigenvalue weighted by atomic mass is 16.5. The van der Waals surface area contributed by atoms with E-state index >= 15 is 0 Å². The van der Waals surface area contributed by atoms with Crippen LogP contribution in [0.25, 0.3) is 5.57 Å². The van der Waals surface area contributed by atoms with Gasteiger partial charge in [-0.25, -0.2) is 0 Å². The molecule has 7 nitrogen and oxygen atoms in total.